The first-order valence-corrected chi connectivity index (χ1v) is 12.0. The van der Waals surface area contributed by atoms with Crippen molar-refractivity contribution in [3.05, 3.63) is 138 Å². The summed E-state index contributed by atoms with van der Waals surface area (Å²) in [5.74, 6) is -1.04. The molecule has 2 unspecified atom stereocenters. The smallest absolute Gasteiger partial charge is 0.274 e. The molecule has 0 N–H and O–H groups in total. The number of fused-ring (bicyclic) bond motifs is 1. The van der Waals surface area contributed by atoms with Crippen LogP contribution in [0, 0.1) is 0 Å². The van der Waals surface area contributed by atoms with Crippen molar-refractivity contribution in [2.24, 2.45) is 0 Å². The van der Waals surface area contributed by atoms with E-state index >= 15 is 4.39 Å². The second-order valence-corrected chi connectivity index (χ2v) is 9.24. The summed E-state index contributed by atoms with van der Waals surface area (Å²) in [6, 6.07) is 34.1. The number of hydrogen-bond donors (Lipinski definition) is 0. The van der Waals surface area contributed by atoms with Crippen molar-refractivity contribution < 1.29 is 9.18 Å². The Balaban J connectivity index is 1.68. The molecule has 2 nitrogen and oxygen atoms in total. The van der Waals surface area contributed by atoms with Gasteiger partial charge >= 0.3 is 0 Å². The number of nitrogens with zero attached hydrogens (tertiary/aromatic N) is 1. The van der Waals surface area contributed by atoms with Crippen LogP contribution in [0.2, 0.25) is 0 Å². The molecule has 35 heavy (non-hydrogen) atoms. The maximum Gasteiger partial charge on any atom is 0.274 e. The Bertz CT molecular complexity index is 1360. The third-order valence-electron chi connectivity index (χ3n) is 6.74. The molecule has 0 fully saturated rings. The van der Waals surface area contributed by atoms with Crippen molar-refractivity contribution in [3.8, 4) is 0 Å². The fourth-order valence-electron chi connectivity index (χ4n) is 5.02. The van der Waals surface area contributed by atoms with Gasteiger partial charge in [0.1, 0.15) is 0 Å². The quantitative estimate of drug-likeness (QED) is 0.284. The number of carbonyl (C=O) groups is 1. The van der Waals surface area contributed by atoms with Crippen molar-refractivity contribution in [2.45, 2.75) is 31.4 Å². The monoisotopic (exact) mass is 461 g/mol. The van der Waals surface area contributed by atoms with Gasteiger partial charge in [0, 0.05) is 11.3 Å². The lowest BCUT2D eigenvalue weighted by Gasteiger charge is -2.28. The van der Waals surface area contributed by atoms with Crippen molar-refractivity contribution in [2.75, 3.05) is 4.90 Å². The lowest BCUT2D eigenvalue weighted by Crippen LogP contribution is -2.39. The number of benzene rings is 4. The van der Waals surface area contributed by atoms with Gasteiger partial charge in [-0.25, -0.2) is 4.39 Å². The highest BCUT2D eigenvalue weighted by atomic mass is 19.1. The molecule has 4 aromatic carbocycles. The van der Waals surface area contributed by atoms with E-state index in [2.05, 4.69) is 19.9 Å². The van der Waals surface area contributed by atoms with Crippen molar-refractivity contribution in [3.63, 3.8) is 0 Å². The molecule has 0 saturated carbocycles. The number of carbonyl (C=O) groups excluding carboxylic acids is 1. The lowest BCUT2D eigenvalue weighted by atomic mass is 9.78. The molecule has 0 aliphatic carbocycles. The van der Waals surface area contributed by atoms with E-state index in [4.69, 9.17) is 0 Å². The molecule has 2 atom stereocenters. The first-order chi connectivity index (χ1) is 17.0. The topological polar surface area (TPSA) is 20.3 Å². The number of halogens is 1. The largest absolute Gasteiger partial charge is 0.278 e. The normalized spacial score (nSPS) is 18.3. The average molecular weight is 462 g/mol. The van der Waals surface area contributed by atoms with Crippen LogP contribution >= 0.6 is 0 Å². The summed E-state index contributed by atoms with van der Waals surface area (Å²) in [5, 5.41) is 0. The van der Waals surface area contributed by atoms with Gasteiger partial charge in [0.2, 0.25) is 5.67 Å². The van der Waals surface area contributed by atoms with Gasteiger partial charge < -0.3 is 0 Å². The van der Waals surface area contributed by atoms with Crippen LogP contribution in [0.1, 0.15) is 47.9 Å². The lowest BCUT2D eigenvalue weighted by molar-refractivity contribution is -0.129. The van der Waals surface area contributed by atoms with E-state index in [9.17, 15) is 4.79 Å². The highest BCUT2D eigenvalue weighted by Crippen LogP contribution is 2.53. The average Bonchev–Trinajstić information content (AvgIpc) is 3.12. The number of alkyl halides is 1. The Labute approximate surface area is 206 Å². The van der Waals surface area contributed by atoms with Crippen LogP contribution in [-0.4, -0.2) is 5.91 Å². The zero-order chi connectivity index (χ0) is 24.4. The molecule has 0 radical (unpaired) electrons. The van der Waals surface area contributed by atoms with Crippen molar-refractivity contribution in [1.29, 1.82) is 0 Å². The molecule has 4 aromatic rings. The van der Waals surface area contributed by atoms with E-state index in [0.29, 0.717) is 22.9 Å². The molecule has 0 aromatic heterocycles. The van der Waals surface area contributed by atoms with Crippen LogP contribution in [0.5, 0.6) is 0 Å². The van der Waals surface area contributed by atoms with E-state index in [-0.39, 0.29) is 0 Å². The van der Waals surface area contributed by atoms with Gasteiger partial charge in [0.05, 0.1) is 11.6 Å². The molecule has 1 heterocycles. The van der Waals surface area contributed by atoms with Gasteiger partial charge in [-0.2, -0.15) is 0 Å². The predicted octanol–water partition coefficient (Wildman–Crippen LogP) is 8.15. The molecule has 174 valence electrons. The van der Waals surface area contributed by atoms with Crippen LogP contribution in [0.25, 0.3) is 6.08 Å². The van der Waals surface area contributed by atoms with Crippen molar-refractivity contribution in [1.82, 2.24) is 0 Å². The van der Waals surface area contributed by atoms with Gasteiger partial charge in [-0.1, -0.05) is 117 Å². The fraction of sp³-hybridized carbons (Fsp3) is 0.156. The Kier molecular flexibility index (Phi) is 6.08. The van der Waals surface area contributed by atoms with Crippen LogP contribution < -0.4 is 4.90 Å². The van der Waals surface area contributed by atoms with E-state index in [0.717, 1.165) is 11.1 Å². The molecule has 1 amide bonds. The molecule has 1 aliphatic rings. The minimum absolute atomic E-state index is 0.327. The second kappa shape index (κ2) is 9.34. The van der Waals surface area contributed by atoms with Crippen LogP contribution in [-0.2, 0) is 10.5 Å². The maximum atomic E-state index is 17.5. The fourth-order valence-corrected chi connectivity index (χ4v) is 5.02. The molecular formula is C32H28FNO. The summed E-state index contributed by atoms with van der Waals surface area (Å²) in [4.78, 5) is 15.5. The van der Waals surface area contributed by atoms with Gasteiger partial charge in [0.15, 0.2) is 0 Å². The third-order valence-corrected chi connectivity index (χ3v) is 6.74. The molecule has 1 aliphatic heterocycles. The molecule has 0 spiro atoms. The number of anilines is 2. The van der Waals surface area contributed by atoms with Crippen LogP contribution in [0.4, 0.5) is 15.8 Å². The number of rotatable bonds is 6. The minimum atomic E-state index is -2.25. The highest BCUT2D eigenvalue weighted by molar-refractivity contribution is 6.12. The third kappa shape index (κ3) is 3.97. The second-order valence-electron chi connectivity index (χ2n) is 9.24. The molecular weight excluding hydrogens is 433 g/mol. The van der Waals surface area contributed by atoms with Gasteiger partial charge in [-0.05, 0) is 40.8 Å². The van der Waals surface area contributed by atoms with E-state index in [1.165, 1.54) is 10.5 Å². The van der Waals surface area contributed by atoms with E-state index in [1.807, 2.05) is 103 Å². The SMILES string of the molecule is CC(C)c1ccccc1/C=C/C(c1ccccc1)C1(F)C(=O)N(c2ccccc2)c2ccccc21. The summed E-state index contributed by atoms with van der Waals surface area (Å²) >= 11 is 0. The Morgan fingerprint density at radius 2 is 1.37 bits per heavy atom. The summed E-state index contributed by atoms with van der Waals surface area (Å²) < 4.78 is 17.5. The van der Waals surface area contributed by atoms with Crippen molar-refractivity contribution >= 4 is 23.4 Å². The van der Waals surface area contributed by atoms with E-state index < -0.39 is 17.5 Å². The van der Waals surface area contributed by atoms with Gasteiger partial charge in [0.25, 0.3) is 5.91 Å². The number of para-hydroxylation sites is 2. The number of amides is 1. The minimum Gasteiger partial charge on any atom is -0.278 e. The molecule has 5 rings (SSSR count). The number of allylic oxidation sites excluding steroid dienone is 1. The summed E-state index contributed by atoms with van der Waals surface area (Å²) in [6.45, 7) is 4.29. The highest BCUT2D eigenvalue weighted by Gasteiger charge is 2.56. The van der Waals surface area contributed by atoms with Crippen LogP contribution in [0.15, 0.2) is 115 Å². The maximum absolute atomic E-state index is 17.5. The summed E-state index contributed by atoms with van der Waals surface area (Å²) in [5.41, 5.74) is 2.36. The Morgan fingerprint density at radius 1 is 0.771 bits per heavy atom. The Morgan fingerprint density at radius 3 is 2.09 bits per heavy atom. The summed E-state index contributed by atoms with van der Waals surface area (Å²) in [7, 11) is 0. The Hall–Kier alpha value is -3.98. The van der Waals surface area contributed by atoms with Gasteiger partial charge in [-0.15, -0.1) is 0 Å². The van der Waals surface area contributed by atoms with E-state index in [1.54, 1.807) is 12.1 Å². The van der Waals surface area contributed by atoms with Gasteiger partial charge in [-0.3, -0.25) is 9.69 Å². The zero-order valence-corrected chi connectivity index (χ0v) is 19.9. The predicted molar refractivity (Wildman–Crippen MR) is 142 cm³/mol. The first kappa shape index (κ1) is 22.8. The summed E-state index contributed by atoms with van der Waals surface area (Å²) in [6.07, 6.45) is 3.83. The zero-order valence-electron chi connectivity index (χ0n) is 19.9. The number of hydrogen-bond acceptors (Lipinski definition) is 1. The van der Waals surface area contributed by atoms with Crippen LogP contribution in [0.3, 0.4) is 0 Å². The molecule has 0 saturated heterocycles. The standard InChI is InChI=1S/C32H28FNO/c1-23(2)27-18-10-9-13-24(27)21-22-28(25-14-5-3-6-15-25)32(33)29-19-11-12-20-30(29)34(31(32)35)26-16-7-4-8-17-26/h3-23,28H,1-2H3/b22-21+. The molecule has 3 heteroatoms. The molecule has 0 bridgehead atoms. The first-order valence-electron chi connectivity index (χ1n) is 12.0.